The molecule has 1 aliphatic rings. The standard InChI is InChI=1S/C17H25N3O2/c1-13-7-5-6-8-14(13)18-10-9-15(21)20-12-11-19(4)16(22)17(20,2)3/h5-8,18H,9-12H2,1-4H3. The highest BCUT2D eigenvalue weighted by Crippen LogP contribution is 2.22. The Bertz CT molecular complexity index is 569. The van der Waals surface area contributed by atoms with Crippen molar-refractivity contribution < 1.29 is 9.59 Å². The SMILES string of the molecule is Cc1ccccc1NCCC(=O)N1CCN(C)C(=O)C1(C)C. The van der Waals surface area contributed by atoms with Crippen LogP contribution in [0.1, 0.15) is 25.8 Å². The van der Waals surface area contributed by atoms with Crippen LogP contribution in [0.15, 0.2) is 24.3 Å². The quantitative estimate of drug-likeness (QED) is 0.924. The summed E-state index contributed by atoms with van der Waals surface area (Å²) in [6, 6.07) is 8.00. The molecule has 0 atom stereocenters. The fourth-order valence-electron chi connectivity index (χ4n) is 2.86. The number of carbonyl (C=O) groups is 2. The van der Waals surface area contributed by atoms with Gasteiger partial charge in [0.05, 0.1) is 0 Å². The molecule has 0 aliphatic carbocycles. The number of likely N-dealkylation sites (N-methyl/N-ethyl adjacent to an activating group) is 1. The molecular weight excluding hydrogens is 278 g/mol. The molecule has 22 heavy (non-hydrogen) atoms. The molecule has 1 N–H and O–H groups in total. The maximum absolute atomic E-state index is 12.5. The number of amides is 2. The zero-order valence-electron chi connectivity index (χ0n) is 13.8. The summed E-state index contributed by atoms with van der Waals surface area (Å²) in [4.78, 5) is 28.1. The predicted molar refractivity (Wildman–Crippen MR) is 87.7 cm³/mol. The van der Waals surface area contributed by atoms with Gasteiger partial charge in [-0.25, -0.2) is 0 Å². The molecule has 120 valence electrons. The Morgan fingerprint density at radius 1 is 1.27 bits per heavy atom. The minimum absolute atomic E-state index is 0.000960. The number of anilines is 1. The van der Waals surface area contributed by atoms with Gasteiger partial charge in [0.1, 0.15) is 5.54 Å². The molecule has 5 heteroatoms. The maximum Gasteiger partial charge on any atom is 0.247 e. The van der Waals surface area contributed by atoms with Crippen LogP contribution in [0.25, 0.3) is 0 Å². The van der Waals surface area contributed by atoms with Crippen LogP contribution in [0.3, 0.4) is 0 Å². The molecule has 0 bridgehead atoms. The van der Waals surface area contributed by atoms with Gasteiger partial charge in [0.15, 0.2) is 0 Å². The lowest BCUT2D eigenvalue weighted by Gasteiger charge is -2.44. The first-order chi connectivity index (χ1) is 10.3. The van der Waals surface area contributed by atoms with E-state index in [1.165, 1.54) is 0 Å². The third-order valence-corrected chi connectivity index (χ3v) is 4.30. The van der Waals surface area contributed by atoms with E-state index in [9.17, 15) is 9.59 Å². The van der Waals surface area contributed by atoms with Gasteiger partial charge in [-0.1, -0.05) is 18.2 Å². The zero-order chi connectivity index (χ0) is 16.3. The van der Waals surface area contributed by atoms with Crippen LogP contribution in [-0.4, -0.2) is 53.8 Å². The van der Waals surface area contributed by atoms with Gasteiger partial charge in [0.25, 0.3) is 0 Å². The summed E-state index contributed by atoms with van der Waals surface area (Å²) >= 11 is 0. The molecule has 0 radical (unpaired) electrons. The van der Waals surface area contributed by atoms with Crippen LogP contribution in [0.4, 0.5) is 5.69 Å². The summed E-state index contributed by atoms with van der Waals surface area (Å²) in [6.45, 7) is 7.43. The van der Waals surface area contributed by atoms with Crippen LogP contribution in [-0.2, 0) is 9.59 Å². The number of benzene rings is 1. The second kappa shape index (κ2) is 6.38. The predicted octanol–water partition coefficient (Wildman–Crippen LogP) is 1.88. The smallest absolute Gasteiger partial charge is 0.247 e. The molecule has 0 spiro atoms. The molecule has 1 saturated heterocycles. The van der Waals surface area contributed by atoms with Crippen LogP contribution < -0.4 is 5.32 Å². The number of piperazine rings is 1. The van der Waals surface area contributed by atoms with E-state index in [1.54, 1.807) is 16.8 Å². The maximum atomic E-state index is 12.5. The third-order valence-electron chi connectivity index (χ3n) is 4.30. The van der Waals surface area contributed by atoms with Crippen LogP contribution >= 0.6 is 0 Å². The van der Waals surface area contributed by atoms with Crippen molar-refractivity contribution in [3.63, 3.8) is 0 Å². The molecule has 0 saturated carbocycles. The Kier molecular flexibility index (Phi) is 4.74. The summed E-state index contributed by atoms with van der Waals surface area (Å²) in [5.74, 6) is 0.0199. The number of nitrogens with zero attached hydrogens (tertiary/aromatic N) is 2. The summed E-state index contributed by atoms with van der Waals surface area (Å²) in [5.41, 5.74) is 1.45. The lowest BCUT2D eigenvalue weighted by Crippen LogP contribution is -2.63. The second-order valence-corrected chi connectivity index (χ2v) is 6.32. The van der Waals surface area contributed by atoms with E-state index < -0.39 is 5.54 Å². The lowest BCUT2D eigenvalue weighted by atomic mass is 9.97. The van der Waals surface area contributed by atoms with Gasteiger partial charge >= 0.3 is 0 Å². The summed E-state index contributed by atoms with van der Waals surface area (Å²) < 4.78 is 0. The highest BCUT2D eigenvalue weighted by molar-refractivity contribution is 5.91. The van der Waals surface area contributed by atoms with Gasteiger partial charge in [-0.3, -0.25) is 9.59 Å². The monoisotopic (exact) mass is 303 g/mol. The first kappa shape index (κ1) is 16.3. The van der Waals surface area contributed by atoms with E-state index in [-0.39, 0.29) is 11.8 Å². The normalized spacial score (nSPS) is 17.5. The minimum atomic E-state index is -0.757. The first-order valence-corrected chi connectivity index (χ1v) is 7.69. The molecule has 2 amide bonds. The Labute approximate surface area is 132 Å². The number of para-hydroxylation sites is 1. The van der Waals surface area contributed by atoms with E-state index in [4.69, 9.17) is 0 Å². The van der Waals surface area contributed by atoms with Crippen LogP contribution in [0, 0.1) is 6.92 Å². The molecule has 1 heterocycles. The topological polar surface area (TPSA) is 52.7 Å². The lowest BCUT2D eigenvalue weighted by molar-refractivity contribution is -0.157. The van der Waals surface area contributed by atoms with Crippen molar-refractivity contribution in [3.05, 3.63) is 29.8 Å². The number of hydrogen-bond acceptors (Lipinski definition) is 3. The number of aryl methyl sites for hydroxylation is 1. The summed E-state index contributed by atoms with van der Waals surface area (Å²) in [5, 5.41) is 3.29. The number of nitrogens with one attached hydrogen (secondary N) is 1. The third kappa shape index (κ3) is 3.24. The molecule has 1 aliphatic heterocycles. The van der Waals surface area contributed by atoms with Gasteiger partial charge in [0.2, 0.25) is 11.8 Å². The fourth-order valence-corrected chi connectivity index (χ4v) is 2.86. The molecule has 0 unspecified atom stereocenters. The largest absolute Gasteiger partial charge is 0.384 e. The first-order valence-electron chi connectivity index (χ1n) is 7.69. The van der Waals surface area contributed by atoms with E-state index in [0.29, 0.717) is 26.1 Å². The van der Waals surface area contributed by atoms with Crippen molar-refractivity contribution in [2.75, 3.05) is 32.0 Å². The Morgan fingerprint density at radius 2 is 1.95 bits per heavy atom. The van der Waals surface area contributed by atoms with E-state index in [2.05, 4.69) is 5.32 Å². The average Bonchev–Trinajstić information content (AvgIpc) is 2.47. The second-order valence-electron chi connectivity index (χ2n) is 6.32. The van der Waals surface area contributed by atoms with Crippen molar-refractivity contribution in [2.24, 2.45) is 0 Å². The molecule has 5 nitrogen and oxygen atoms in total. The van der Waals surface area contributed by atoms with Crippen molar-refractivity contribution in [2.45, 2.75) is 32.7 Å². The van der Waals surface area contributed by atoms with Gasteiger partial charge in [-0.2, -0.15) is 0 Å². The van der Waals surface area contributed by atoms with Gasteiger partial charge in [-0.05, 0) is 32.4 Å². The number of rotatable bonds is 4. The molecule has 1 aromatic rings. The van der Waals surface area contributed by atoms with Gasteiger partial charge in [-0.15, -0.1) is 0 Å². The van der Waals surface area contributed by atoms with Crippen molar-refractivity contribution in [1.82, 2.24) is 9.80 Å². The average molecular weight is 303 g/mol. The summed E-state index contributed by atoms with van der Waals surface area (Å²) in [6.07, 6.45) is 0.384. The van der Waals surface area contributed by atoms with Crippen molar-refractivity contribution in [1.29, 1.82) is 0 Å². The van der Waals surface area contributed by atoms with E-state index in [1.807, 2.05) is 45.0 Å². The minimum Gasteiger partial charge on any atom is -0.384 e. The molecule has 2 rings (SSSR count). The van der Waals surface area contributed by atoms with Gasteiger partial charge < -0.3 is 15.1 Å². The molecular formula is C17H25N3O2. The highest BCUT2D eigenvalue weighted by Gasteiger charge is 2.42. The number of carbonyl (C=O) groups excluding carboxylic acids is 2. The Hall–Kier alpha value is -2.04. The molecule has 1 fully saturated rings. The molecule has 1 aromatic carbocycles. The van der Waals surface area contributed by atoms with Crippen molar-refractivity contribution in [3.8, 4) is 0 Å². The van der Waals surface area contributed by atoms with E-state index in [0.717, 1.165) is 11.3 Å². The fraction of sp³-hybridized carbons (Fsp3) is 0.529. The van der Waals surface area contributed by atoms with Crippen molar-refractivity contribution >= 4 is 17.5 Å². The van der Waals surface area contributed by atoms with Gasteiger partial charge in [0, 0.05) is 38.8 Å². The summed E-state index contributed by atoms with van der Waals surface area (Å²) in [7, 11) is 1.78. The highest BCUT2D eigenvalue weighted by atomic mass is 16.2. The number of hydrogen-bond donors (Lipinski definition) is 1. The Balaban J connectivity index is 1.92. The molecule has 0 aromatic heterocycles. The Morgan fingerprint density at radius 3 is 2.64 bits per heavy atom. The van der Waals surface area contributed by atoms with Crippen LogP contribution in [0.5, 0.6) is 0 Å². The van der Waals surface area contributed by atoms with E-state index >= 15 is 0 Å². The van der Waals surface area contributed by atoms with Crippen LogP contribution in [0.2, 0.25) is 0 Å². The zero-order valence-corrected chi connectivity index (χ0v) is 13.8.